The molecule has 1 aliphatic rings. The average molecular weight is 522 g/mol. The molecule has 194 valence electrons. The third-order valence-corrected chi connectivity index (χ3v) is 6.04. The van der Waals surface area contributed by atoms with Crippen LogP contribution in [0.5, 0.6) is 17.4 Å². The van der Waals surface area contributed by atoms with Gasteiger partial charge in [-0.05, 0) is 42.5 Å². The van der Waals surface area contributed by atoms with Gasteiger partial charge in [0.05, 0.1) is 18.2 Å². The van der Waals surface area contributed by atoms with Crippen molar-refractivity contribution in [2.75, 3.05) is 31.6 Å². The lowest BCUT2D eigenvalue weighted by molar-refractivity contribution is -0.137. The Morgan fingerprint density at radius 1 is 0.974 bits per heavy atom. The van der Waals surface area contributed by atoms with Crippen LogP contribution in [-0.2, 0) is 11.0 Å². The van der Waals surface area contributed by atoms with Gasteiger partial charge in [0.2, 0.25) is 11.8 Å². The van der Waals surface area contributed by atoms with Crippen LogP contribution in [0, 0.1) is 0 Å². The molecule has 38 heavy (non-hydrogen) atoms. The van der Waals surface area contributed by atoms with Crippen LogP contribution in [0.3, 0.4) is 0 Å². The van der Waals surface area contributed by atoms with E-state index in [1.807, 2.05) is 6.07 Å². The number of carbonyl (C=O) groups is 2. The van der Waals surface area contributed by atoms with Crippen molar-refractivity contribution in [3.63, 3.8) is 0 Å². The Morgan fingerprint density at radius 3 is 2.53 bits per heavy atom. The molecule has 2 amide bonds. The minimum atomic E-state index is -4.48. The fourth-order valence-corrected chi connectivity index (χ4v) is 4.08. The Labute approximate surface area is 215 Å². The maximum absolute atomic E-state index is 13.1. The summed E-state index contributed by atoms with van der Waals surface area (Å²) < 4.78 is 49.0. The summed E-state index contributed by atoms with van der Waals surface area (Å²) in [6.45, 7) is 0.598. The Kier molecular flexibility index (Phi) is 6.58. The monoisotopic (exact) mass is 522 g/mol. The van der Waals surface area contributed by atoms with Crippen LogP contribution >= 0.6 is 0 Å². The van der Waals surface area contributed by atoms with Gasteiger partial charge in [0, 0.05) is 42.5 Å². The van der Waals surface area contributed by atoms with E-state index in [2.05, 4.69) is 9.97 Å². The highest BCUT2D eigenvalue weighted by Crippen LogP contribution is 2.31. The maximum atomic E-state index is 13.1. The number of carbonyl (C=O) groups excluding carboxylic acids is 2. The third-order valence-electron chi connectivity index (χ3n) is 6.04. The summed E-state index contributed by atoms with van der Waals surface area (Å²) in [4.78, 5) is 37.1. The number of anilines is 1. The summed E-state index contributed by atoms with van der Waals surface area (Å²) in [6.07, 6.45) is -3.77. The number of amides is 2. The summed E-state index contributed by atoms with van der Waals surface area (Å²) in [6, 6.07) is 17.3. The number of piperazine rings is 1. The molecule has 0 spiro atoms. The second-order valence-electron chi connectivity index (χ2n) is 8.51. The molecule has 11 heteroatoms. The van der Waals surface area contributed by atoms with Gasteiger partial charge in [-0.15, -0.1) is 0 Å². The number of hydrogen-bond donors (Lipinski definition) is 0. The number of rotatable bonds is 5. The van der Waals surface area contributed by atoms with E-state index in [0.717, 1.165) is 12.1 Å². The van der Waals surface area contributed by atoms with Crippen LogP contribution in [0.1, 0.15) is 16.1 Å². The third kappa shape index (κ3) is 5.22. The van der Waals surface area contributed by atoms with E-state index in [4.69, 9.17) is 9.47 Å². The first-order valence-corrected chi connectivity index (χ1v) is 11.6. The predicted molar refractivity (Wildman–Crippen MR) is 132 cm³/mol. The molecule has 3 heterocycles. The van der Waals surface area contributed by atoms with E-state index in [1.165, 1.54) is 4.90 Å². The number of hydrogen-bond acceptors (Lipinski definition) is 6. The van der Waals surface area contributed by atoms with Crippen molar-refractivity contribution in [3.8, 4) is 17.4 Å². The number of fused-ring (bicyclic) bond motifs is 1. The molecule has 0 radical (unpaired) electrons. The highest BCUT2D eigenvalue weighted by molar-refractivity contribution is 6.01. The quantitative estimate of drug-likeness (QED) is 0.369. The molecule has 2 aromatic carbocycles. The molecule has 8 nitrogen and oxygen atoms in total. The Balaban J connectivity index is 1.27. The van der Waals surface area contributed by atoms with E-state index >= 15 is 0 Å². The molecule has 1 fully saturated rings. The molecule has 1 saturated heterocycles. The Bertz CT molecular complexity index is 1510. The van der Waals surface area contributed by atoms with Crippen LogP contribution < -0.4 is 14.4 Å². The first-order valence-electron chi connectivity index (χ1n) is 11.6. The minimum Gasteiger partial charge on any atom is -0.497 e. The standard InChI is InChI=1S/C27H21F3N4O4/c1-37-20-4-2-3-19(14-20)34-12-11-33(16-25(34)35)26(36)23-8-5-17-13-21(7-9-22(17)32-23)38-24-10-6-18(15-31-24)27(28,29)30/h2-10,13-15H,11-12,16H2,1H3. The van der Waals surface area contributed by atoms with Crippen LogP contribution in [0.25, 0.3) is 10.9 Å². The topological polar surface area (TPSA) is 84.9 Å². The van der Waals surface area contributed by atoms with E-state index in [0.29, 0.717) is 47.4 Å². The highest BCUT2D eigenvalue weighted by Gasteiger charge is 2.31. The van der Waals surface area contributed by atoms with Crippen molar-refractivity contribution in [1.82, 2.24) is 14.9 Å². The number of halogens is 3. The highest BCUT2D eigenvalue weighted by atomic mass is 19.4. The van der Waals surface area contributed by atoms with Gasteiger partial charge in [-0.2, -0.15) is 13.2 Å². The summed E-state index contributed by atoms with van der Waals surface area (Å²) >= 11 is 0. The molecular formula is C27H21F3N4O4. The van der Waals surface area contributed by atoms with E-state index in [-0.39, 0.29) is 29.9 Å². The molecule has 0 N–H and O–H groups in total. The Morgan fingerprint density at radius 2 is 1.82 bits per heavy atom. The lowest BCUT2D eigenvalue weighted by Gasteiger charge is -2.34. The summed E-state index contributed by atoms with van der Waals surface area (Å²) in [5.41, 5.74) is 0.547. The van der Waals surface area contributed by atoms with Gasteiger partial charge in [0.25, 0.3) is 5.91 Å². The molecule has 0 unspecified atom stereocenters. The van der Waals surface area contributed by atoms with Crippen LogP contribution in [0.2, 0.25) is 0 Å². The van der Waals surface area contributed by atoms with E-state index in [1.54, 1.807) is 60.5 Å². The number of alkyl halides is 3. The minimum absolute atomic E-state index is 0.00913. The van der Waals surface area contributed by atoms with Gasteiger partial charge in [-0.3, -0.25) is 9.59 Å². The number of benzene rings is 2. The van der Waals surface area contributed by atoms with Crippen LogP contribution in [0.15, 0.2) is 72.9 Å². The van der Waals surface area contributed by atoms with Crippen molar-refractivity contribution in [3.05, 3.63) is 84.2 Å². The van der Waals surface area contributed by atoms with E-state index in [9.17, 15) is 22.8 Å². The molecule has 1 aliphatic heterocycles. The fraction of sp³-hybridized carbons (Fsp3) is 0.185. The Hall–Kier alpha value is -4.67. The van der Waals surface area contributed by atoms with Crippen molar-refractivity contribution in [2.45, 2.75) is 6.18 Å². The molecule has 2 aromatic heterocycles. The van der Waals surface area contributed by atoms with Crippen LogP contribution in [-0.4, -0.2) is 53.4 Å². The number of nitrogens with zero attached hydrogens (tertiary/aromatic N) is 4. The maximum Gasteiger partial charge on any atom is 0.417 e. The summed E-state index contributed by atoms with van der Waals surface area (Å²) in [5.74, 6) is 0.426. The van der Waals surface area contributed by atoms with Gasteiger partial charge in [-0.1, -0.05) is 12.1 Å². The number of aromatic nitrogens is 2. The van der Waals surface area contributed by atoms with Gasteiger partial charge < -0.3 is 19.3 Å². The zero-order valence-corrected chi connectivity index (χ0v) is 20.1. The molecule has 0 saturated carbocycles. The molecule has 0 bridgehead atoms. The summed E-state index contributed by atoms with van der Waals surface area (Å²) in [7, 11) is 1.55. The molecule has 4 aromatic rings. The molecule has 5 rings (SSSR count). The van der Waals surface area contributed by atoms with Gasteiger partial charge in [-0.25, -0.2) is 9.97 Å². The molecule has 0 atom stereocenters. The van der Waals surface area contributed by atoms with Crippen molar-refractivity contribution in [2.24, 2.45) is 0 Å². The number of ether oxygens (including phenoxy) is 2. The van der Waals surface area contributed by atoms with Gasteiger partial charge >= 0.3 is 6.18 Å². The summed E-state index contributed by atoms with van der Waals surface area (Å²) in [5, 5.41) is 0.657. The van der Waals surface area contributed by atoms with E-state index < -0.39 is 11.7 Å². The second-order valence-corrected chi connectivity index (χ2v) is 8.51. The van der Waals surface area contributed by atoms with Crippen molar-refractivity contribution in [1.29, 1.82) is 0 Å². The molecule has 0 aliphatic carbocycles. The van der Waals surface area contributed by atoms with Crippen LogP contribution in [0.4, 0.5) is 18.9 Å². The second kappa shape index (κ2) is 10.0. The average Bonchev–Trinajstić information content (AvgIpc) is 2.92. The first kappa shape index (κ1) is 25.0. The smallest absolute Gasteiger partial charge is 0.417 e. The number of methoxy groups -OCH3 is 1. The van der Waals surface area contributed by atoms with Crippen molar-refractivity contribution < 1.29 is 32.2 Å². The predicted octanol–water partition coefficient (Wildman–Crippen LogP) is 4.94. The first-order chi connectivity index (χ1) is 18.2. The van der Waals surface area contributed by atoms with Crippen molar-refractivity contribution >= 4 is 28.4 Å². The zero-order valence-electron chi connectivity index (χ0n) is 20.1. The van der Waals surface area contributed by atoms with Gasteiger partial charge in [0.15, 0.2) is 0 Å². The largest absolute Gasteiger partial charge is 0.497 e. The zero-order chi connectivity index (χ0) is 26.9. The SMILES string of the molecule is COc1cccc(N2CCN(C(=O)c3ccc4cc(Oc5ccc(C(F)(F)F)cn5)ccc4n3)CC2=O)c1. The molecular weight excluding hydrogens is 501 g/mol. The van der Waals surface area contributed by atoms with Gasteiger partial charge in [0.1, 0.15) is 23.7 Å². The lowest BCUT2D eigenvalue weighted by Crippen LogP contribution is -2.52. The normalized spacial score (nSPS) is 14.1. The number of pyridine rings is 2. The lowest BCUT2D eigenvalue weighted by atomic mass is 10.1. The fourth-order valence-electron chi connectivity index (χ4n) is 4.08.